The van der Waals surface area contributed by atoms with Gasteiger partial charge in [-0.05, 0) is 25.7 Å². The van der Waals surface area contributed by atoms with Crippen LogP contribution >= 0.6 is 0 Å². The summed E-state index contributed by atoms with van der Waals surface area (Å²) in [6, 6.07) is 0.373. The molecule has 0 aromatic carbocycles. The third-order valence-electron chi connectivity index (χ3n) is 3.00. The smallest absolute Gasteiger partial charge is 0.222 e. The molecule has 1 amide bonds. The molecule has 2 nitrogen and oxygen atoms in total. The molecule has 0 spiro atoms. The fourth-order valence-electron chi connectivity index (χ4n) is 1.97. The highest BCUT2D eigenvalue weighted by Gasteiger charge is 2.23. The van der Waals surface area contributed by atoms with Crippen LogP contribution in [0.3, 0.4) is 0 Å². The lowest BCUT2D eigenvalue weighted by atomic mass is 9.99. The maximum Gasteiger partial charge on any atom is 0.222 e. The normalized spacial score (nSPS) is 20.6. The van der Waals surface area contributed by atoms with Gasteiger partial charge in [0.15, 0.2) is 0 Å². The second-order valence-electron chi connectivity index (χ2n) is 4.50. The predicted molar refractivity (Wildman–Crippen MR) is 54.4 cm³/mol. The zero-order valence-electron chi connectivity index (χ0n) is 8.97. The Morgan fingerprint density at radius 3 is 2.23 bits per heavy atom. The molecule has 0 radical (unpaired) electrons. The van der Waals surface area contributed by atoms with Crippen molar-refractivity contribution in [3.63, 3.8) is 0 Å². The van der Waals surface area contributed by atoms with E-state index >= 15 is 0 Å². The standard InChI is InChI=1S/C11H21NO/c1-8(2)11(13)12-9(3)10-6-4-5-7-10/h8-10H,4-7H2,1-3H3,(H,12,13)/t9-/m0/s1. The summed E-state index contributed by atoms with van der Waals surface area (Å²) in [5.41, 5.74) is 0. The van der Waals surface area contributed by atoms with Crippen molar-refractivity contribution in [1.82, 2.24) is 5.32 Å². The minimum Gasteiger partial charge on any atom is -0.353 e. The van der Waals surface area contributed by atoms with Crippen LogP contribution in [-0.2, 0) is 4.79 Å². The summed E-state index contributed by atoms with van der Waals surface area (Å²) in [5.74, 6) is 1.03. The summed E-state index contributed by atoms with van der Waals surface area (Å²) in [4.78, 5) is 11.4. The minimum absolute atomic E-state index is 0.115. The molecule has 1 aliphatic rings. The summed E-state index contributed by atoms with van der Waals surface area (Å²) >= 11 is 0. The van der Waals surface area contributed by atoms with E-state index in [-0.39, 0.29) is 11.8 Å². The maximum absolute atomic E-state index is 11.4. The lowest BCUT2D eigenvalue weighted by Crippen LogP contribution is -2.39. The number of carbonyl (C=O) groups is 1. The Labute approximate surface area is 81.1 Å². The molecule has 1 aliphatic carbocycles. The van der Waals surface area contributed by atoms with E-state index in [2.05, 4.69) is 12.2 Å². The lowest BCUT2D eigenvalue weighted by Gasteiger charge is -2.21. The molecular weight excluding hydrogens is 162 g/mol. The second-order valence-corrected chi connectivity index (χ2v) is 4.50. The molecule has 0 aliphatic heterocycles. The number of carbonyl (C=O) groups excluding carboxylic acids is 1. The van der Waals surface area contributed by atoms with E-state index in [1.54, 1.807) is 0 Å². The Morgan fingerprint density at radius 1 is 1.23 bits per heavy atom. The topological polar surface area (TPSA) is 29.1 Å². The number of nitrogens with one attached hydrogen (secondary N) is 1. The highest BCUT2D eigenvalue weighted by molar-refractivity contribution is 5.78. The van der Waals surface area contributed by atoms with E-state index in [9.17, 15) is 4.79 Å². The first kappa shape index (κ1) is 10.6. The first-order valence-electron chi connectivity index (χ1n) is 5.41. The third-order valence-corrected chi connectivity index (χ3v) is 3.00. The first-order valence-corrected chi connectivity index (χ1v) is 5.41. The van der Waals surface area contributed by atoms with Gasteiger partial charge < -0.3 is 5.32 Å². The Balaban J connectivity index is 2.31. The molecule has 0 saturated heterocycles. The van der Waals surface area contributed by atoms with E-state index in [4.69, 9.17) is 0 Å². The molecule has 1 rings (SSSR count). The molecule has 76 valence electrons. The minimum atomic E-state index is 0.115. The summed E-state index contributed by atoms with van der Waals surface area (Å²) in [6.45, 7) is 6.02. The molecule has 13 heavy (non-hydrogen) atoms. The average Bonchev–Trinajstić information content (AvgIpc) is 2.55. The van der Waals surface area contributed by atoms with Crippen molar-refractivity contribution < 1.29 is 4.79 Å². The molecule has 1 N–H and O–H groups in total. The van der Waals surface area contributed by atoms with Gasteiger partial charge in [0.05, 0.1) is 0 Å². The van der Waals surface area contributed by atoms with Crippen molar-refractivity contribution in [2.24, 2.45) is 11.8 Å². The van der Waals surface area contributed by atoms with Crippen molar-refractivity contribution in [2.45, 2.75) is 52.5 Å². The molecule has 0 aromatic rings. The van der Waals surface area contributed by atoms with Gasteiger partial charge >= 0.3 is 0 Å². The van der Waals surface area contributed by atoms with Crippen molar-refractivity contribution >= 4 is 5.91 Å². The average molecular weight is 183 g/mol. The zero-order valence-corrected chi connectivity index (χ0v) is 8.97. The van der Waals surface area contributed by atoms with Gasteiger partial charge in [-0.3, -0.25) is 4.79 Å². The lowest BCUT2D eigenvalue weighted by molar-refractivity contribution is -0.124. The summed E-state index contributed by atoms with van der Waals surface area (Å²) in [5, 5.41) is 3.08. The predicted octanol–water partition coefficient (Wildman–Crippen LogP) is 2.34. The Hall–Kier alpha value is -0.530. The van der Waals surface area contributed by atoms with Crippen molar-refractivity contribution in [3.8, 4) is 0 Å². The monoisotopic (exact) mass is 183 g/mol. The van der Waals surface area contributed by atoms with Crippen LogP contribution in [0.1, 0.15) is 46.5 Å². The van der Waals surface area contributed by atoms with Crippen LogP contribution in [0.2, 0.25) is 0 Å². The zero-order chi connectivity index (χ0) is 9.84. The Morgan fingerprint density at radius 2 is 1.77 bits per heavy atom. The van der Waals surface area contributed by atoms with E-state index < -0.39 is 0 Å². The second kappa shape index (κ2) is 4.64. The van der Waals surface area contributed by atoms with Gasteiger partial charge in [0.25, 0.3) is 0 Å². The van der Waals surface area contributed by atoms with Crippen LogP contribution in [0.15, 0.2) is 0 Å². The maximum atomic E-state index is 11.4. The van der Waals surface area contributed by atoms with Gasteiger partial charge in [-0.2, -0.15) is 0 Å². The van der Waals surface area contributed by atoms with Crippen molar-refractivity contribution in [1.29, 1.82) is 0 Å². The molecule has 1 atom stereocenters. The van der Waals surface area contributed by atoms with Gasteiger partial charge in [0.2, 0.25) is 5.91 Å². The van der Waals surface area contributed by atoms with E-state index in [0.717, 1.165) is 5.92 Å². The van der Waals surface area contributed by atoms with Gasteiger partial charge in [0, 0.05) is 12.0 Å². The molecule has 0 bridgehead atoms. The van der Waals surface area contributed by atoms with Crippen LogP contribution in [0, 0.1) is 11.8 Å². The number of hydrogen-bond donors (Lipinski definition) is 1. The molecule has 0 unspecified atom stereocenters. The molecule has 0 heterocycles. The van der Waals surface area contributed by atoms with E-state index in [1.165, 1.54) is 25.7 Å². The summed E-state index contributed by atoms with van der Waals surface area (Å²) < 4.78 is 0. The van der Waals surface area contributed by atoms with E-state index in [0.29, 0.717) is 6.04 Å². The van der Waals surface area contributed by atoms with Crippen LogP contribution in [0.5, 0.6) is 0 Å². The van der Waals surface area contributed by atoms with Crippen LogP contribution < -0.4 is 5.32 Å². The van der Waals surface area contributed by atoms with E-state index in [1.807, 2.05) is 13.8 Å². The number of rotatable bonds is 3. The van der Waals surface area contributed by atoms with Gasteiger partial charge in [-0.1, -0.05) is 26.7 Å². The highest BCUT2D eigenvalue weighted by Crippen LogP contribution is 2.27. The first-order chi connectivity index (χ1) is 6.11. The van der Waals surface area contributed by atoms with Gasteiger partial charge in [-0.15, -0.1) is 0 Å². The van der Waals surface area contributed by atoms with Crippen LogP contribution in [-0.4, -0.2) is 11.9 Å². The van der Waals surface area contributed by atoms with Crippen LogP contribution in [0.25, 0.3) is 0 Å². The number of amides is 1. The van der Waals surface area contributed by atoms with Crippen molar-refractivity contribution in [3.05, 3.63) is 0 Å². The third kappa shape index (κ3) is 3.02. The fraction of sp³-hybridized carbons (Fsp3) is 0.909. The summed E-state index contributed by atoms with van der Waals surface area (Å²) in [6.07, 6.45) is 5.26. The molecule has 1 fully saturated rings. The molecule has 2 heteroatoms. The Kier molecular flexibility index (Phi) is 3.76. The molecular formula is C11H21NO. The molecule has 0 aromatic heterocycles. The van der Waals surface area contributed by atoms with Crippen molar-refractivity contribution in [2.75, 3.05) is 0 Å². The quantitative estimate of drug-likeness (QED) is 0.715. The van der Waals surface area contributed by atoms with Crippen LogP contribution in [0.4, 0.5) is 0 Å². The Bertz CT molecular complexity index is 171. The molecule has 1 saturated carbocycles. The van der Waals surface area contributed by atoms with Gasteiger partial charge in [0.1, 0.15) is 0 Å². The number of hydrogen-bond acceptors (Lipinski definition) is 1. The summed E-state index contributed by atoms with van der Waals surface area (Å²) in [7, 11) is 0. The SMILES string of the molecule is CC(C)C(=O)N[C@@H](C)C1CCCC1. The van der Waals surface area contributed by atoms with Gasteiger partial charge in [-0.25, -0.2) is 0 Å². The fourth-order valence-corrected chi connectivity index (χ4v) is 1.97. The largest absolute Gasteiger partial charge is 0.353 e. The highest BCUT2D eigenvalue weighted by atomic mass is 16.1.